The van der Waals surface area contributed by atoms with E-state index in [2.05, 4.69) is 56.5 Å². The van der Waals surface area contributed by atoms with Crippen LogP contribution in [0.5, 0.6) is 0 Å². The van der Waals surface area contributed by atoms with Gasteiger partial charge in [0.1, 0.15) is 0 Å². The summed E-state index contributed by atoms with van der Waals surface area (Å²) in [5, 5.41) is 6.12. The van der Waals surface area contributed by atoms with E-state index in [1.807, 2.05) is 48.5 Å². The Morgan fingerprint density at radius 3 is 2.22 bits per heavy atom. The van der Waals surface area contributed by atoms with Crippen LogP contribution >= 0.6 is 0 Å². The Labute approximate surface area is 243 Å². The SMILES string of the molecule is CCc1ccc(C(=O)Nc2ccc(N3CCN(Cc4ccccc4)CC3)c(C(=O)NCCN3CCOCC3)c2)cc1. The molecule has 2 amide bonds. The predicted octanol–water partition coefficient (Wildman–Crippen LogP) is 3.89. The van der Waals surface area contributed by atoms with Crippen molar-refractivity contribution in [3.05, 3.63) is 95.1 Å². The smallest absolute Gasteiger partial charge is 0.255 e. The van der Waals surface area contributed by atoms with Gasteiger partial charge in [0.05, 0.1) is 18.8 Å². The normalized spacial score (nSPS) is 16.4. The van der Waals surface area contributed by atoms with E-state index in [-0.39, 0.29) is 11.8 Å². The molecule has 2 saturated heterocycles. The van der Waals surface area contributed by atoms with Gasteiger partial charge >= 0.3 is 0 Å². The molecule has 8 nitrogen and oxygen atoms in total. The molecule has 0 aromatic heterocycles. The Balaban J connectivity index is 1.28. The molecular weight excluding hydrogens is 514 g/mol. The Morgan fingerprint density at radius 1 is 0.780 bits per heavy atom. The standard InChI is InChI=1S/C33H41N5O3/c1-2-26-8-10-28(11-9-26)32(39)35-29-12-13-31(30(24-29)33(40)34-14-15-36-20-22-41-23-21-36)38-18-16-37(17-19-38)25-27-6-4-3-5-7-27/h3-13,24H,2,14-23,25H2,1H3,(H,34,40)(H,35,39). The lowest BCUT2D eigenvalue weighted by Gasteiger charge is -2.37. The van der Waals surface area contributed by atoms with Crippen molar-refractivity contribution < 1.29 is 14.3 Å². The first kappa shape index (κ1) is 28.8. The average molecular weight is 556 g/mol. The predicted molar refractivity (Wildman–Crippen MR) is 164 cm³/mol. The van der Waals surface area contributed by atoms with Crippen LogP contribution in [0.2, 0.25) is 0 Å². The second kappa shape index (κ2) is 14.3. The Morgan fingerprint density at radius 2 is 1.51 bits per heavy atom. The highest BCUT2D eigenvalue weighted by atomic mass is 16.5. The number of anilines is 2. The number of nitrogens with zero attached hydrogens (tertiary/aromatic N) is 3. The monoisotopic (exact) mass is 555 g/mol. The van der Waals surface area contributed by atoms with Crippen LogP contribution in [0.1, 0.15) is 38.8 Å². The van der Waals surface area contributed by atoms with Crippen LogP contribution in [0.3, 0.4) is 0 Å². The molecule has 2 aliphatic rings. The lowest BCUT2D eigenvalue weighted by atomic mass is 10.1. The molecule has 0 spiro atoms. The Kier molecular flexibility index (Phi) is 10.0. The highest BCUT2D eigenvalue weighted by molar-refractivity contribution is 6.06. The zero-order chi connectivity index (χ0) is 28.4. The lowest BCUT2D eigenvalue weighted by Crippen LogP contribution is -2.46. The molecule has 0 atom stereocenters. The van der Waals surface area contributed by atoms with Gasteiger partial charge in [-0.15, -0.1) is 0 Å². The number of carbonyl (C=O) groups excluding carboxylic acids is 2. The van der Waals surface area contributed by atoms with Gasteiger partial charge in [-0.2, -0.15) is 0 Å². The summed E-state index contributed by atoms with van der Waals surface area (Å²) < 4.78 is 5.44. The zero-order valence-electron chi connectivity index (χ0n) is 24.0. The van der Waals surface area contributed by atoms with Crippen LogP contribution in [0.15, 0.2) is 72.8 Å². The maximum Gasteiger partial charge on any atom is 0.255 e. The van der Waals surface area contributed by atoms with E-state index >= 15 is 0 Å². The molecule has 2 aliphatic heterocycles. The topological polar surface area (TPSA) is 77.2 Å². The third kappa shape index (κ3) is 7.94. The highest BCUT2D eigenvalue weighted by Crippen LogP contribution is 2.26. The quantitative estimate of drug-likeness (QED) is 0.396. The highest BCUT2D eigenvalue weighted by Gasteiger charge is 2.23. The van der Waals surface area contributed by atoms with Crippen LogP contribution in [0, 0.1) is 0 Å². The van der Waals surface area contributed by atoms with E-state index in [0.717, 1.165) is 77.7 Å². The largest absolute Gasteiger partial charge is 0.379 e. The number of aryl methyl sites for hydroxylation is 1. The fourth-order valence-corrected chi connectivity index (χ4v) is 5.40. The third-order valence-corrected chi connectivity index (χ3v) is 7.90. The summed E-state index contributed by atoms with van der Waals surface area (Å²) in [6, 6.07) is 23.9. The minimum atomic E-state index is -0.186. The maximum absolute atomic E-state index is 13.5. The molecule has 2 heterocycles. The second-order valence-electron chi connectivity index (χ2n) is 10.7. The van der Waals surface area contributed by atoms with Crippen molar-refractivity contribution in [3.63, 3.8) is 0 Å². The Bertz CT molecular complexity index is 1280. The van der Waals surface area contributed by atoms with Crippen LogP contribution in [0.25, 0.3) is 0 Å². The fraction of sp³-hybridized carbons (Fsp3) is 0.394. The van der Waals surface area contributed by atoms with Crippen molar-refractivity contribution in [2.75, 3.05) is 75.8 Å². The molecule has 5 rings (SSSR count). The summed E-state index contributed by atoms with van der Waals surface area (Å²) in [6.45, 7) is 11.1. The molecule has 41 heavy (non-hydrogen) atoms. The number of morpholine rings is 1. The van der Waals surface area contributed by atoms with Crippen molar-refractivity contribution >= 4 is 23.2 Å². The van der Waals surface area contributed by atoms with Gasteiger partial charge in [-0.05, 0) is 47.9 Å². The van der Waals surface area contributed by atoms with Gasteiger partial charge in [-0.25, -0.2) is 0 Å². The van der Waals surface area contributed by atoms with E-state index in [4.69, 9.17) is 4.74 Å². The van der Waals surface area contributed by atoms with E-state index in [1.54, 1.807) is 0 Å². The number of hydrogen-bond acceptors (Lipinski definition) is 6. The number of piperazine rings is 1. The van der Waals surface area contributed by atoms with E-state index in [0.29, 0.717) is 23.4 Å². The van der Waals surface area contributed by atoms with Crippen molar-refractivity contribution in [3.8, 4) is 0 Å². The van der Waals surface area contributed by atoms with Gasteiger partial charge in [0.15, 0.2) is 0 Å². The number of rotatable bonds is 10. The second-order valence-corrected chi connectivity index (χ2v) is 10.7. The number of carbonyl (C=O) groups is 2. The molecule has 8 heteroatoms. The third-order valence-electron chi connectivity index (χ3n) is 7.90. The van der Waals surface area contributed by atoms with Crippen molar-refractivity contribution in [1.82, 2.24) is 15.1 Å². The summed E-state index contributed by atoms with van der Waals surface area (Å²) >= 11 is 0. The minimum Gasteiger partial charge on any atom is -0.379 e. The lowest BCUT2D eigenvalue weighted by molar-refractivity contribution is 0.0383. The van der Waals surface area contributed by atoms with Crippen LogP contribution in [-0.2, 0) is 17.7 Å². The van der Waals surface area contributed by atoms with Gasteiger partial charge in [-0.1, -0.05) is 49.4 Å². The zero-order valence-corrected chi connectivity index (χ0v) is 24.0. The van der Waals surface area contributed by atoms with Crippen molar-refractivity contribution in [2.24, 2.45) is 0 Å². The summed E-state index contributed by atoms with van der Waals surface area (Å²) in [6.07, 6.45) is 0.924. The molecule has 216 valence electrons. The number of amides is 2. The van der Waals surface area contributed by atoms with Gasteiger partial charge in [0.2, 0.25) is 0 Å². The number of ether oxygens (including phenoxy) is 1. The molecular formula is C33H41N5O3. The average Bonchev–Trinajstić information content (AvgIpc) is 3.02. The van der Waals surface area contributed by atoms with Crippen LogP contribution in [0.4, 0.5) is 11.4 Å². The van der Waals surface area contributed by atoms with Crippen molar-refractivity contribution in [2.45, 2.75) is 19.9 Å². The van der Waals surface area contributed by atoms with Crippen LogP contribution < -0.4 is 15.5 Å². The number of hydrogen-bond donors (Lipinski definition) is 2. The molecule has 2 N–H and O–H groups in total. The molecule has 3 aromatic carbocycles. The van der Waals surface area contributed by atoms with Gasteiger partial charge < -0.3 is 20.3 Å². The van der Waals surface area contributed by atoms with E-state index in [1.165, 1.54) is 11.1 Å². The molecule has 3 aromatic rings. The first-order valence-corrected chi connectivity index (χ1v) is 14.7. The molecule has 0 bridgehead atoms. The fourth-order valence-electron chi connectivity index (χ4n) is 5.40. The van der Waals surface area contributed by atoms with Gasteiger partial charge in [-0.3, -0.25) is 19.4 Å². The van der Waals surface area contributed by atoms with Crippen molar-refractivity contribution in [1.29, 1.82) is 0 Å². The van der Waals surface area contributed by atoms with Gasteiger partial charge in [0, 0.05) is 75.8 Å². The summed E-state index contributed by atoms with van der Waals surface area (Å²) in [5.41, 5.74) is 5.19. The molecule has 2 fully saturated rings. The summed E-state index contributed by atoms with van der Waals surface area (Å²) in [7, 11) is 0. The number of benzene rings is 3. The van der Waals surface area contributed by atoms with Crippen LogP contribution in [-0.4, -0.2) is 87.2 Å². The summed E-state index contributed by atoms with van der Waals surface area (Å²) in [4.78, 5) is 33.5. The van der Waals surface area contributed by atoms with E-state index in [9.17, 15) is 9.59 Å². The summed E-state index contributed by atoms with van der Waals surface area (Å²) in [5.74, 6) is -0.308. The molecule has 0 unspecified atom stereocenters. The first-order valence-electron chi connectivity index (χ1n) is 14.7. The molecule has 0 saturated carbocycles. The first-order chi connectivity index (χ1) is 20.1. The maximum atomic E-state index is 13.5. The minimum absolute atomic E-state index is 0.122. The number of nitrogens with one attached hydrogen (secondary N) is 2. The van der Waals surface area contributed by atoms with E-state index < -0.39 is 0 Å². The molecule has 0 radical (unpaired) electrons. The Hall–Kier alpha value is -3.72. The van der Waals surface area contributed by atoms with Gasteiger partial charge in [0.25, 0.3) is 11.8 Å². The molecule has 0 aliphatic carbocycles.